The smallest absolute Gasteiger partial charge is 0.410 e. The van der Waals surface area contributed by atoms with E-state index in [0.717, 1.165) is 43.7 Å². The maximum absolute atomic E-state index is 12.5. The number of carbonyl (C=O) groups excluding carboxylic acids is 2. The van der Waals surface area contributed by atoms with Crippen molar-refractivity contribution in [1.29, 1.82) is 0 Å². The summed E-state index contributed by atoms with van der Waals surface area (Å²) in [5, 5.41) is 0. The predicted octanol–water partition coefficient (Wildman–Crippen LogP) is 3.73. The van der Waals surface area contributed by atoms with Gasteiger partial charge in [-0.05, 0) is 63.6 Å². The molecule has 0 N–H and O–H groups in total. The van der Waals surface area contributed by atoms with Crippen LogP contribution in [-0.2, 0) is 16.0 Å². The van der Waals surface area contributed by atoms with Crippen molar-refractivity contribution in [2.45, 2.75) is 52.1 Å². The van der Waals surface area contributed by atoms with Gasteiger partial charge < -0.3 is 19.3 Å². The van der Waals surface area contributed by atoms with Gasteiger partial charge in [0.25, 0.3) is 0 Å². The second-order valence-electron chi connectivity index (χ2n) is 8.54. The van der Waals surface area contributed by atoms with Gasteiger partial charge in [-0.25, -0.2) is 4.79 Å². The Balaban J connectivity index is 1.73. The molecule has 0 bridgehead atoms. The van der Waals surface area contributed by atoms with E-state index < -0.39 is 5.60 Å². The molecule has 1 saturated heterocycles. The average molecular weight is 391 g/mol. The molecular formula is C22H34N2O4. The van der Waals surface area contributed by atoms with E-state index in [9.17, 15) is 9.59 Å². The van der Waals surface area contributed by atoms with Gasteiger partial charge in [-0.1, -0.05) is 12.1 Å². The lowest BCUT2D eigenvalue weighted by Gasteiger charge is -2.34. The second-order valence-corrected chi connectivity index (χ2v) is 8.54. The van der Waals surface area contributed by atoms with Gasteiger partial charge in [0.1, 0.15) is 11.4 Å². The van der Waals surface area contributed by atoms with Crippen LogP contribution >= 0.6 is 0 Å². The van der Waals surface area contributed by atoms with Gasteiger partial charge in [0, 0.05) is 33.1 Å². The minimum absolute atomic E-state index is 0.196. The lowest BCUT2D eigenvalue weighted by atomic mass is 9.96. The summed E-state index contributed by atoms with van der Waals surface area (Å²) in [6, 6.07) is 7.86. The molecule has 0 aromatic heterocycles. The van der Waals surface area contributed by atoms with Crippen molar-refractivity contribution >= 4 is 12.0 Å². The van der Waals surface area contributed by atoms with E-state index in [1.807, 2.05) is 49.9 Å². The van der Waals surface area contributed by atoms with Crippen molar-refractivity contribution in [2.75, 3.05) is 33.8 Å². The fourth-order valence-corrected chi connectivity index (χ4v) is 3.40. The van der Waals surface area contributed by atoms with E-state index in [0.29, 0.717) is 18.9 Å². The largest absolute Gasteiger partial charge is 0.497 e. The van der Waals surface area contributed by atoms with Crippen LogP contribution in [0.25, 0.3) is 0 Å². The lowest BCUT2D eigenvalue weighted by molar-refractivity contribution is -0.132. The zero-order valence-corrected chi connectivity index (χ0v) is 17.9. The predicted molar refractivity (Wildman–Crippen MR) is 109 cm³/mol. The molecule has 0 aliphatic carbocycles. The molecular weight excluding hydrogens is 356 g/mol. The van der Waals surface area contributed by atoms with Gasteiger partial charge in [-0.15, -0.1) is 0 Å². The molecule has 0 radical (unpaired) electrons. The molecule has 2 amide bonds. The van der Waals surface area contributed by atoms with Gasteiger partial charge in [0.05, 0.1) is 7.11 Å². The van der Waals surface area contributed by atoms with Crippen LogP contribution in [0.2, 0.25) is 0 Å². The SMILES string of the molecule is COc1cccc(CCC(=O)N2CCC(CN(C)C(=O)OC(C)(C)C)CC2)c1. The number of hydrogen-bond acceptors (Lipinski definition) is 4. The van der Waals surface area contributed by atoms with Crippen molar-refractivity contribution in [2.24, 2.45) is 5.92 Å². The number of ether oxygens (including phenoxy) is 2. The van der Waals surface area contributed by atoms with Crippen molar-refractivity contribution in [3.63, 3.8) is 0 Å². The molecule has 1 aliphatic rings. The minimum atomic E-state index is -0.482. The monoisotopic (exact) mass is 390 g/mol. The van der Waals surface area contributed by atoms with E-state index in [1.54, 1.807) is 19.1 Å². The maximum Gasteiger partial charge on any atom is 0.410 e. The Labute approximate surface area is 168 Å². The summed E-state index contributed by atoms with van der Waals surface area (Å²) in [5.74, 6) is 1.42. The number of aryl methyl sites for hydroxylation is 1. The zero-order chi connectivity index (χ0) is 20.7. The van der Waals surface area contributed by atoms with Crippen LogP contribution in [0.3, 0.4) is 0 Å². The van der Waals surface area contributed by atoms with Crippen LogP contribution in [0, 0.1) is 5.92 Å². The van der Waals surface area contributed by atoms with E-state index in [1.165, 1.54) is 0 Å². The number of piperidine rings is 1. The molecule has 2 rings (SSSR count). The third kappa shape index (κ3) is 7.06. The molecule has 0 atom stereocenters. The van der Waals surface area contributed by atoms with Crippen molar-refractivity contribution in [1.82, 2.24) is 9.80 Å². The number of methoxy groups -OCH3 is 1. The highest BCUT2D eigenvalue weighted by atomic mass is 16.6. The highest BCUT2D eigenvalue weighted by Crippen LogP contribution is 2.21. The first-order valence-electron chi connectivity index (χ1n) is 10.0. The molecule has 1 aromatic rings. The molecule has 1 heterocycles. The first-order chi connectivity index (χ1) is 13.2. The van der Waals surface area contributed by atoms with E-state index >= 15 is 0 Å². The quantitative estimate of drug-likeness (QED) is 0.743. The zero-order valence-electron chi connectivity index (χ0n) is 17.9. The van der Waals surface area contributed by atoms with E-state index in [-0.39, 0.29) is 12.0 Å². The number of likely N-dealkylation sites (tertiary alicyclic amines) is 1. The van der Waals surface area contributed by atoms with Gasteiger partial charge in [0.15, 0.2) is 0 Å². The Bertz CT molecular complexity index is 661. The number of nitrogens with zero attached hydrogens (tertiary/aromatic N) is 2. The molecule has 6 heteroatoms. The Morgan fingerprint density at radius 2 is 1.89 bits per heavy atom. The summed E-state index contributed by atoms with van der Waals surface area (Å²) in [5.41, 5.74) is 0.630. The van der Waals surface area contributed by atoms with Crippen molar-refractivity contribution in [3.8, 4) is 5.75 Å². The third-order valence-corrected chi connectivity index (χ3v) is 4.97. The molecule has 156 valence electrons. The molecule has 1 fully saturated rings. The normalized spacial score (nSPS) is 15.2. The fourth-order valence-electron chi connectivity index (χ4n) is 3.40. The summed E-state index contributed by atoms with van der Waals surface area (Å²) in [6.45, 7) is 7.78. The molecule has 0 saturated carbocycles. The van der Waals surface area contributed by atoms with Gasteiger partial charge in [-0.2, -0.15) is 0 Å². The van der Waals surface area contributed by atoms with Crippen LogP contribution in [0.1, 0.15) is 45.6 Å². The second kappa shape index (κ2) is 9.80. The van der Waals surface area contributed by atoms with Crippen LogP contribution in [0.4, 0.5) is 4.79 Å². The maximum atomic E-state index is 12.5. The summed E-state index contributed by atoms with van der Waals surface area (Å²) < 4.78 is 10.6. The number of amides is 2. The molecule has 1 aliphatic heterocycles. The summed E-state index contributed by atoms with van der Waals surface area (Å²) in [4.78, 5) is 28.2. The summed E-state index contributed by atoms with van der Waals surface area (Å²) >= 11 is 0. The molecule has 1 aromatic carbocycles. The van der Waals surface area contributed by atoms with E-state index in [2.05, 4.69) is 0 Å². The van der Waals surface area contributed by atoms with Crippen molar-refractivity contribution in [3.05, 3.63) is 29.8 Å². The molecule has 6 nitrogen and oxygen atoms in total. The van der Waals surface area contributed by atoms with Crippen LogP contribution in [0.5, 0.6) is 5.75 Å². The lowest BCUT2D eigenvalue weighted by Crippen LogP contribution is -2.43. The van der Waals surface area contributed by atoms with Crippen molar-refractivity contribution < 1.29 is 19.1 Å². The first kappa shape index (κ1) is 22.1. The summed E-state index contributed by atoms with van der Waals surface area (Å²) in [6.07, 6.45) is 2.77. The molecule has 0 unspecified atom stereocenters. The van der Waals surface area contributed by atoms with E-state index in [4.69, 9.17) is 9.47 Å². The Morgan fingerprint density at radius 1 is 1.21 bits per heavy atom. The number of benzene rings is 1. The average Bonchev–Trinajstić information content (AvgIpc) is 2.65. The minimum Gasteiger partial charge on any atom is -0.497 e. The first-order valence-corrected chi connectivity index (χ1v) is 10.0. The highest BCUT2D eigenvalue weighted by molar-refractivity contribution is 5.76. The standard InChI is InChI=1S/C22H34N2O4/c1-22(2,3)28-21(26)23(4)16-18-11-13-24(14-12-18)20(25)10-9-17-7-6-8-19(15-17)27-5/h6-8,15,18H,9-14,16H2,1-5H3. The highest BCUT2D eigenvalue weighted by Gasteiger charge is 2.26. The van der Waals surface area contributed by atoms with Gasteiger partial charge in [-0.3, -0.25) is 4.79 Å². The topological polar surface area (TPSA) is 59.1 Å². The Morgan fingerprint density at radius 3 is 2.50 bits per heavy atom. The van der Waals surface area contributed by atoms with Gasteiger partial charge >= 0.3 is 6.09 Å². The fraction of sp³-hybridized carbons (Fsp3) is 0.636. The Hall–Kier alpha value is -2.24. The van der Waals surface area contributed by atoms with Gasteiger partial charge in [0.2, 0.25) is 5.91 Å². The van der Waals surface area contributed by atoms with Crippen LogP contribution in [0.15, 0.2) is 24.3 Å². The number of rotatable bonds is 6. The number of hydrogen-bond donors (Lipinski definition) is 0. The molecule has 0 spiro atoms. The third-order valence-electron chi connectivity index (χ3n) is 4.97. The van der Waals surface area contributed by atoms with Crippen LogP contribution in [-0.4, -0.2) is 61.2 Å². The molecule has 28 heavy (non-hydrogen) atoms. The van der Waals surface area contributed by atoms with Crippen LogP contribution < -0.4 is 4.74 Å². The summed E-state index contributed by atoms with van der Waals surface area (Å²) in [7, 11) is 3.42. The Kier molecular flexibility index (Phi) is 7.72. The number of carbonyl (C=O) groups is 2.